The number of anilines is 1. The maximum absolute atomic E-state index is 13.0. The summed E-state index contributed by atoms with van der Waals surface area (Å²) in [7, 11) is 0. The van der Waals surface area contributed by atoms with Gasteiger partial charge in [-0.1, -0.05) is 11.6 Å². The molecule has 0 radical (unpaired) electrons. The van der Waals surface area contributed by atoms with E-state index >= 15 is 0 Å². The molecule has 0 aliphatic carbocycles. The molecule has 2 saturated heterocycles. The van der Waals surface area contributed by atoms with E-state index in [4.69, 9.17) is 11.6 Å². The molecule has 0 aromatic heterocycles. The molecule has 1 aromatic carbocycles. The molecule has 3 rings (SSSR count). The molecule has 1 amide bonds. The molecule has 5 nitrogen and oxygen atoms in total. The van der Waals surface area contributed by atoms with Crippen molar-refractivity contribution in [2.24, 2.45) is 0 Å². The monoisotopic (exact) mass is 391 g/mol. The number of piperidine rings is 2. The molecule has 2 heterocycles. The molecule has 2 aliphatic rings. The van der Waals surface area contributed by atoms with Gasteiger partial charge in [0.2, 0.25) is 5.91 Å². The third-order valence-corrected chi connectivity index (χ3v) is 5.07. The van der Waals surface area contributed by atoms with Gasteiger partial charge < -0.3 is 20.6 Å². The highest BCUT2D eigenvalue weighted by molar-refractivity contribution is 6.31. The lowest BCUT2D eigenvalue weighted by atomic mass is 9.96. The van der Waals surface area contributed by atoms with Crippen LogP contribution in [0.15, 0.2) is 18.2 Å². The quantitative estimate of drug-likeness (QED) is 0.740. The van der Waals surface area contributed by atoms with Crippen LogP contribution in [0.2, 0.25) is 5.02 Å². The Morgan fingerprint density at radius 2 is 2.04 bits per heavy atom. The Morgan fingerprint density at radius 3 is 2.73 bits per heavy atom. The van der Waals surface area contributed by atoms with Gasteiger partial charge in [-0.3, -0.25) is 4.79 Å². The Labute approximate surface area is 154 Å². The Morgan fingerprint density at radius 1 is 1.27 bits per heavy atom. The number of carbonyl (C=O) groups excluding carboxylic acids is 1. The SMILES string of the molecule is O=C1C(Nc2cc(Cl)cc(C(F)(F)F)c2)CCCN1[C@H]1CNCC[C@@H]1O. The number of nitrogens with one attached hydrogen (secondary N) is 2. The molecule has 1 aromatic rings. The van der Waals surface area contributed by atoms with Crippen LogP contribution in [0.4, 0.5) is 18.9 Å². The smallest absolute Gasteiger partial charge is 0.391 e. The molecule has 1 unspecified atom stereocenters. The fraction of sp³-hybridized carbons (Fsp3) is 0.588. The van der Waals surface area contributed by atoms with Crippen LogP contribution in [0.25, 0.3) is 0 Å². The van der Waals surface area contributed by atoms with Gasteiger partial charge in [0.15, 0.2) is 0 Å². The summed E-state index contributed by atoms with van der Waals surface area (Å²) in [6.45, 7) is 1.74. The van der Waals surface area contributed by atoms with Crippen LogP contribution >= 0.6 is 11.6 Å². The maximum Gasteiger partial charge on any atom is 0.416 e. The van der Waals surface area contributed by atoms with Crippen LogP contribution in [0.1, 0.15) is 24.8 Å². The topological polar surface area (TPSA) is 64.6 Å². The maximum atomic E-state index is 13.0. The molecule has 2 fully saturated rings. The van der Waals surface area contributed by atoms with Crippen LogP contribution in [-0.4, -0.2) is 53.7 Å². The van der Waals surface area contributed by atoms with E-state index in [1.165, 1.54) is 6.07 Å². The number of hydrogen-bond donors (Lipinski definition) is 3. The summed E-state index contributed by atoms with van der Waals surface area (Å²) >= 11 is 5.80. The van der Waals surface area contributed by atoms with Gasteiger partial charge >= 0.3 is 6.18 Å². The molecule has 9 heteroatoms. The number of benzene rings is 1. The van der Waals surface area contributed by atoms with Gasteiger partial charge in [-0.2, -0.15) is 13.2 Å². The number of aliphatic hydroxyl groups excluding tert-OH is 1. The fourth-order valence-electron chi connectivity index (χ4n) is 3.55. The Hall–Kier alpha value is -1.51. The van der Waals surface area contributed by atoms with E-state index < -0.39 is 23.9 Å². The lowest BCUT2D eigenvalue weighted by Crippen LogP contribution is -2.60. The molecule has 144 valence electrons. The Bertz CT molecular complexity index is 671. The summed E-state index contributed by atoms with van der Waals surface area (Å²) < 4.78 is 38.9. The minimum Gasteiger partial charge on any atom is -0.391 e. The third-order valence-electron chi connectivity index (χ3n) is 4.85. The Kier molecular flexibility index (Phi) is 5.64. The molecule has 0 bridgehead atoms. The zero-order chi connectivity index (χ0) is 18.9. The van der Waals surface area contributed by atoms with Gasteiger partial charge in [0.1, 0.15) is 6.04 Å². The minimum absolute atomic E-state index is 0.0469. The third kappa shape index (κ3) is 4.24. The lowest BCUT2D eigenvalue weighted by Gasteiger charge is -2.42. The number of alkyl halides is 3. The van der Waals surface area contributed by atoms with Crippen LogP contribution in [0.3, 0.4) is 0 Å². The van der Waals surface area contributed by atoms with Crippen molar-refractivity contribution in [2.75, 3.05) is 25.0 Å². The largest absolute Gasteiger partial charge is 0.416 e. The van der Waals surface area contributed by atoms with Crippen molar-refractivity contribution < 1.29 is 23.1 Å². The van der Waals surface area contributed by atoms with Crippen molar-refractivity contribution >= 4 is 23.2 Å². The van der Waals surface area contributed by atoms with Crippen molar-refractivity contribution in [1.82, 2.24) is 10.2 Å². The molecule has 0 saturated carbocycles. The number of amides is 1. The van der Waals surface area contributed by atoms with Gasteiger partial charge in [0.25, 0.3) is 0 Å². The van der Waals surface area contributed by atoms with Crippen molar-refractivity contribution in [3.8, 4) is 0 Å². The highest BCUT2D eigenvalue weighted by atomic mass is 35.5. The van der Waals surface area contributed by atoms with Crippen molar-refractivity contribution in [3.63, 3.8) is 0 Å². The predicted molar refractivity (Wildman–Crippen MR) is 92.1 cm³/mol. The second-order valence-corrected chi connectivity index (χ2v) is 7.16. The highest BCUT2D eigenvalue weighted by Crippen LogP contribution is 2.34. The standard InChI is InChI=1S/C17H21ClF3N3O2/c18-11-6-10(17(19,20)21)7-12(8-11)23-13-2-1-5-24(16(13)26)14-9-22-4-3-15(14)25/h6-8,13-15,22-23,25H,1-5,9H2/t13?,14-,15-/m0/s1. The minimum atomic E-state index is -4.51. The van der Waals surface area contributed by atoms with E-state index in [0.29, 0.717) is 38.9 Å². The first-order valence-electron chi connectivity index (χ1n) is 8.59. The van der Waals surface area contributed by atoms with Gasteiger partial charge in [-0.05, 0) is 44.0 Å². The van der Waals surface area contributed by atoms with E-state index in [1.807, 2.05) is 0 Å². The second kappa shape index (κ2) is 7.62. The summed E-state index contributed by atoms with van der Waals surface area (Å²) in [5, 5.41) is 16.2. The number of nitrogens with zero attached hydrogens (tertiary/aromatic N) is 1. The number of rotatable bonds is 3. The van der Waals surface area contributed by atoms with E-state index in [2.05, 4.69) is 10.6 Å². The van der Waals surface area contributed by atoms with Crippen molar-refractivity contribution in [2.45, 2.75) is 43.6 Å². The number of carbonyl (C=O) groups is 1. The van der Waals surface area contributed by atoms with Gasteiger partial charge in [0, 0.05) is 23.8 Å². The summed E-state index contributed by atoms with van der Waals surface area (Å²) in [5.41, 5.74) is -0.702. The van der Waals surface area contributed by atoms with Gasteiger partial charge in [0.05, 0.1) is 17.7 Å². The van der Waals surface area contributed by atoms with Crippen molar-refractivity contribution in [3.05, 3.63) is 28.8 Å². The second-order valence-electron chi connectivity index (χ2n) is 6.72. The molecular weight excluding hydrogens is 371 g/mol. The fourth-order valence-corrected chi connectivity index (χ4v) is 3.78. The van der Waals surface area contributed by atoms with Crippen LogP contribution < -0.4 is 10.6 Å². The Balaban J connectivity index is 1.75. The molecule has 2 aliphatic heterocycles. The van der Waals surface area contributed by atoms with Crippen LogP contribution in [0.5, 0.6) is 0 Å². The molecule has 26 heavy (non-hydrogen) atoms. The molecular formula is C17H21ClF3N3O2. The molecule has 0 spiro atoms. The average molecular weight is 392 g/mol. The normalized spacial score (nSPS) is 27.5. The van der Waals surface area contributed by atoms with E-state index in [-0.39, 0.29) is 22.7 Å². The molecule has 3 atom stereocenters. The first kappa shape index (κ1) is 19.3. The number of hydrogen-bond acceptors (Lipinski definition) is 4. The van der Waals surface area contributed by atoms with Gasteiger partial charge in [-0.25, -0.2) is 0 Å². The summed E-state index contributed by atoms with van der Waals surface area (Å²) in [5.74, 6) is -0.211. The lowest BCUT2D eigenvalue weighted by molar-refractivity contribution is -0.140. The van der Waals surface area contributed by atoms with E-state index in [9.17, 15) is 23.1 Å². The van der Waals surface area contributed by atoms with Crippen molar-refractivity contribution in [1.29, 1.82) is 0 Å². The van der Waals surface area contributed by atoms with Gasteiger partial charge in [-0.15, -0.1) is 0 Å². The van der Waals surface area contributed by atoms with E-state index in [0.717, 1.165) is 12.1 Å². The predicted octanol–water partition coefficient (Wildman–Crippen LogP) is 2.48. The highest BCUT2D eigenvalue weighted by Gasteiger charge is 2.37. The summed E-state index contributed by atoms with van der Waals surface area (Å²) in [4.78, 5) is 14.4. The first-order chi connectivity index (χ1) is 12.3. The number of halogens is 4. The number of aliphatic hydroxyl groups is 1. The van der Waals surface area contributed by atoms with Crippen LogP contribution in [-0.2, 0) is 11.0 Å². The summed E-state index contributed by atoms with van der Waals surface area (Å²) in [6.07, 6.45) is -3.32. The summed E-state index contributed by atoms with van der Waals surface area (Å²) in [6, 6.07) is 2.23. The number of likely N-dealkylation sites (tertiary alicyclic amines) is 1. The molecule has 3 N–H and O–H groups in total. The average Bonchev–Trinajstić information content (AvgIpc) is 2.56. The zero-order valence-electron chi connectivity index (χ0n) is 14.0. The van der Waals surface area contributed by atoms with Crippen LogP contribution in [0, 0.1) is 0 Å². The zero-order valence-corrected chi connectivity index (χ0v) is 14.8. The first-order valence-corrected chi connectivity index (χ1v) is 8.97. The van der Waals surface area contributed by atoms with E-state index in [1.54, 1.807) is 4.90 Å².